The SMILES string of the molecule is COc1ccc2c(c1)C=C(C(=O)NCC(C)(C)C(=O)O)CO2. The summed E-state index contributed by atoms with van der Waals surface area (Å²) in [4.78, 5) is 23.2. The Morgan fingerprint density at radius 2 is 2.14 bits per heavy atom. The lowest BCUT2D eigenvalue weighted by Crippen LogP contribution is -2.40. The van der Waals surface area contributed by atoms with Crippen molar-refractivity contribution in [1.29, 1.82) is 0 Å². The van der Waals surface area contributed by atoms with Crippen LogP contribution in [0.4, 0.5) is 0 Å². The summed E-state index contributed by atoms with van der Waals surface area (Å²) >= 11 is 0. The molecule has 22 heavy (non-hydrogen) atoms. The van der Waals surface area contributed by atoms with Gasteiger partial charge in [-0.2, -0.15) is 0 Å². The summed E-state index contributed by atoms with van der Waals surface area (Å²) in [6.45, 7) is 3.31. The molecule has 1 amide bonds. The van der Waals surface area contributed by atoms with Crippen molar-refractivity contribution < 1.29 is 24.2 Å². The van der Waals surface area contributed by atoms with Crippen LogP contribution in [0.15, 0.2) is 23.8 Å². The Kier molecular flexibility index (Phi) is 4.40. The first kappa shape index (κ1) is 15.9. The summed E-state index contributed by atoms with van der Waals surface area (Å²) in [6, 6.07) is 5.35. The zero-order chi connectivity index (χ0) is 16.3. The average Bonchev–Trinajstić information content (AvgIpc) is 2.51. The van der Waals surface area contributed by atoms with E-state index in [-0.39, 0.29) is 19.1 Å². The predicted molar refractivity (Wildman–Crippen MR) is 80.9 cm³/mol. The third kappa shape index (κ3) is 3.39. The Morgan fingerprint density at radius 1 is 1.41 bits per heavy atom. The molecule has 1 aromatic rings. The van der Waals surface area contributed by atoms with Crippen molar-refractivity contribution in [1.82, 2.24) is 5.32 Å². The lowest BCUT2D eigenvalue weighted by atomic mass is 9.94. The van der Waals surface area contributed by atoms with Crippen LogP contribution in [0.5, 0.6) is 11.5 Å². The van der Waals surface area contributed by atoms with Crippen molar-refractivity contribution in [2.75, 3.05) is 20.3 Å². The highest BCUT2D eigenvalue weighted by atomic mass is 16.5. The molecule has 0 bridgehead atoms. The van der Waals surface area contributed by atoms with E-state index in [1.54, 1.807) is 45.2 Å². The number of carboxylic acids is 1. The number of fused-ring (bicyclic) bond motifs is 1. The molecule has 0 radical (unpaired) electrons. The van der Waals surface area contributed by atoms with Crippen LogP contribution in [0.25, 0.3) is 6.08 Å². The predicted octanol–water partition coefficient (Wildman–Crippen LogP) is 1.70. The molecule has 2 rings (SSSR count). The third-order valence-corrected chi connectivity index (χ3v) is 3.49. The number of carbonyl (C=O) groups is 2. The molecular formula is C16H19NO5. The number of methoxy groups -OCH3 is 1. The highest BCUT2D eigenvalue weighted by molar-refractivity contribution is 5.99. The summed E-state index contributed by atoms with van der Waals surface area (Å²) < 4.78 is 10.7. The van der Waals surface area contributed by atoms with E-state index in [0.717, 1.165) is 5.56 Å². The summed E-state index contributed by atoms with van der Waals surface area (Å²) in [7, 11) is 1.57. The van der Waals surface area contributed by atoms with Crippen LogP contribution in [0.1, 0.15) is 19.4 Å². The van der Waals surface area contributed by atoms with Gasteiger partial charge in [0.05, 0.1) is 18.1 Å². The zero-order valence-corrected chi connectivity index (χ0v) is 12.8. The second kappa shape index (κ2) is 6.09. The summed E-state index contributed by atoms with van der Waals surface area (Å²) in [5, 5.41) is 11.7. The quantitative estimate of drug-likeness (QED) is 0.865. The Labute approximate surface area is 128 Å². The minimum absolute atomic E-state index is 0.0451. The molecule has 0 saturated heterocycles. The normalized spacial score (nSPS) is 13.5. The van der Waals surface area contributed by atoms with Gasteiger partial charge < -0.3 is 19.9 Å². The van der Waals surface area contributed by atoms with Crippen LogP contribution >= 0.6 is 0 Å². The molecule has 0 spiro atoms. The largest absolute Gasteiger partial charge is 0.497 e. The van der Waals surface area contributed by atoms with Gasteiger partial charge in [0.15, 0.2) is 0 Å². The summed E-state index contributed by atoms with van der Waals surface area (Å²) in [5.41, 5.74) is 0.183. The fraction of sp³-hybridized carbons (Fsp3) is 0.375. The van der Waals surface area contributed by atoms with Crippen LogP contribution < -0.4 is 14.8 Å². The van der Waals surface area contributed by atoms with Gasteiger partial charge >= 0.3 is 5.97 Å². The van der Waals surface area contributed by atoms with Gasteiger partial charge in [0.1, 0.15) is 18.1 Å². The van der Waals surface area contributed by atoms with Crippen molar-refractivity contribution in [3.63, 3.8) is 0 Å². The lowest BCUT2D eigenvalue weighted by Gasteiger charge is -2.22. The smallest absolute Gasteiger partial charge is 0.310 e. The zero-order valence-electron chi connectivity index (χ0n) is 12.8. The number of amides is 1. The molecule has 1 aliphatic heterocycles. The second-order valence-electron chi connectivity index (χ2n) is 5.73. The number of hydrogen-bond acceptors (Lipinski definition) is 4. The number of aliphatic carboxylic acids is 1. The molecular weight excluding hydrogens is 286 g/mol. The molecule has 1 aliphatic rings. The molecule has 0 unspecified atom stereocenters. The highest BCUT2D eigenvalue weighted by Gasteiger charge is 2.28. The topological polar surface area (TPSA) is 84.9 Å². The monoisotopic (exact) mass is 305 g/mol. The van der Waals surface area contributed by atoms with Crippen LogP contribution in [-0.4, -0.2) is 37.2 Å². The van der Waals surface area contributed by atoms with Gasteiger partial charge in [0, 0.05) is 12.1 Å². The molecule has 0 aliphatic carbocycles. The number of benzene rings is 1. The van der Waals surface area contributed by atoms with E-state index in [1.165, 1.54) is 0 Å². The third-order valence-electron chi connectivity index (χ3n) is 3.49. The van der Waals surface area contributed by atoms with E-state index in [1.807, 2.05) is 0 Å². The molecule has 6 heteroatoms. The van der Waals surface area contributed by atoms with Crippen molar-refractivity contribution in [3.8, 4) is 11.5 Å². The molecule has 1 heterocycles. The minimum atomic E-state index is -1.02. The van der Waals surface area contributed by atoms with E-state index >= 15 is 0 Å². The molecule has 0 saturated carbocycles. The van der Waals surface area contributed by atoms with Crippen molar-refractivity contribution in [2.24, 2.45) is 5.41 Å². The van der Waals surface area contributed by atoms with E-state index in [9.17, 15) is 9.59 Å². The molecule has 118 valence electrons. The van der Waals surface area contributed by atoms with Crippen LogP contribution in [0.2, 0.25) is 0 Å². The van der Waals surface area contributed by atoms with Crippen LogP contribution in [0, 0.1) is 5.41 Å². The fourth-order valence-electron chi connectivity index (χ4n) is 1.90. The number of rotatable bonds is 5. The average molecular weight is 305 g/mol. The Balaban J connectivity index is 2.11. The van der Waals surface area contributed by atoms with Crippen molar-refractivity contribution in [3.05, 3.63) is 29.3 Å². The number of ether oxygens (including phenoxy) is 2. The number of carboxylic acid groups (broad SMARTS) is 1. The van der Waals surface area contributed by atoms with Crippen molar-refractivity contribution in [2.45, 2.75) is 13.8 Å². The first-order valence-electron chi connectivity index (χ1n) is 6.86. The van der Waals surface area contributed by atoms with Gasteiger partial charge in [0.25, 0.3) is 5.91 Å². The molecule has 2 N–H and O–H groups in total. The molecule has 0 fully saturated rings. The van der Waals surface area contributed by atoms with E-state index < -0.39 is 11.4 Å². The molecule has 1 aromatic carbocycles. The Bertz CT molecular complexity index is 633. The maximum Gasteiger partial charge on any atom is 0.310 e. The standard InChI is InChI=1S/C16H19NO5/c1-16(2,15(19)20)9-17-14(18)11-6-10-7-12(21-3)4-5-13(10)22-8-11/h4-7H,8-9H2,1-3H3,(H,17,18)(H,19,20). The maximum absolute atomic E-state index is 12.1. The van der Waals surface area contributed by atoms with E-state index in [4.69, 9.17) is 14.6 Å². The van der Waals surface area contributed by atoms with Gasteiger partial charge in [-0.3, -0.25) is 9.59 Å². The van der Waals surface area contributed by atoms with E-state index in [0.29, 0.717) is 17.1 Å². The number of carbonyl (C=O) groups excluding carboxylic acids is 1. The van der Waals surface area contributed by atoms with Gasteiger partial charge in [0.2, 0.25) is 0 Å². The van der Waals surface area contributed by atoms with Gasteiger partial charge in [-0.05, 0) is 38.1 Å². The lowest BCUT2D eigenvalue weighted by molar-refractivity contribution is -0.146. The number of hydrogen-bond donors (Lipinski definition) is 2. The van der Waals surface area contributed by atoms with Crippen LogP contribution in [0.3, 0.4) is 0 Å². The second-order valence-corrected chi connectivity index (χ2v) is 5.73. The van der Waals surface area contributed by atoms with Crippen molar-refractivity contribution >= 4 is 18.0 Å². The first-order chi connectivity index (χ1) is 10.3. The molecule has 6 nitrogen and oxygen atoms in total. The van der Waals surface area contributed by atoms with Gasteiger partial charge in [-0.1, -0.05) is 0 Å². The van der Waals surface area contributed by atoms with Gasteiger partial charge in [-0.25, -0.2) is 0 Å². The van der Waals surface area contributed by atoms with Crippen LogP contribution in [-0.2, 0) is 9.59 Å². The maximum atomic E-state index is 12.1. The molecule has 0 aromatic heterocycles. The van der Waals surface area contributed by atoms with Gasteiger partial charge in [-0.15, -0.1) is 0 Å². The first-order valence-corrected chi connectivity index (χ1v) is 6.86. The number of nitrogens with one attached hydrogen (secondary N) is 1. The Morgan fingerprint density at radius 3 is 2.77 bits per heavy atom. The minimum Gasteiger partial charge on any atom is -0.497 e. The highest BCUT2D eigenvalue weighted by Crippen LogP contribution is 2.30. The Hall–Kier alpha value is -2.50. The summed E-state index contributed by atoms with van der Waals surface area (Å²) in [5.74, 6) is 0.0648. The molecule has 0 atom stereocenters. The fourth-order valence-corrected chi connectivity index (χ4v) is 1.90. The summed E-state index contributed by atoms with van der Waals surface area (Å²) in [6.07, 6.45) is 1.73. The van der Waals surface area contributed by atoms with E-state index in [2.05, 4.69) is 5.32 Å².